The summed E-state index contributed by atoms with van der Waals surface area (Å²) in [6.45, 7) is 0. The highest BCUT2D eigenvalue weighted by Crippen LogP contribution is 2.36. The van der Waals surface area contributed by atoms with Crippen molar-refractivity contribution >= 4 is 34.0 Å². The molecule has 0 aromatic heterocycles. The Morgan fingerprint density at radius 2 is 1.65 bits per heavy atom. The number of ether oxygens (including phenoxy) is 3. The van der Waals surface area contributed by atoms with Crippen LogP contribution >= 0.6 is 15.9 Å². The largest absolute Gasteiger partial charge is 0.497 e. The second kappa shape index (κ2) is 10.4. The van der Waals surface area contributed by atoms with Crippen LogP contribution in [-0.4, -0.2) is 32.3 Å². The third-order valence-electron chi connectivity index (χ3n) is 4.19. The Kier molecular flexibility index (Phi) is 7.40. The summed E-state index contributed by atoms with van der Waals surface area (Å²) in [7, 11) is 3.02. The van der Waals surface area contributed by atoms with Crippen LogP contribution in [-0.2, 0) is 0 Å². The van der Waals surface area contributed by atoms with Crippen LogP contribution in [0.1, 0.15) is 26.3 Å². The number of amides is 1. The van der Waals surface area contributed by atoms with Crippen molar-refractivity contribution in [3.8, 4) is 17.2 Å². The first-order valence-corrected chi connectivity index (χ1v) is 9.93. The van der Waals surface area contributed by atoms with Gasteiger partial charge in [-0.15, -0.1) is 0 Å². The number of carbonyl (C=O) groups is 2. The second-order valence-corrected chi connectivity index (χ2v) is 7.07. The van der Waals surface area contributed by atoms with Gasteiger partial charge in [0.1, 0.15) is 5.75 Å². The molecule has 3 rings (SSSR count). The van der Waals surface area contributed by atoms with E-state index in [0.29, 0.717) is 32.7 Å². The van der Waals surface area contributed by atoms with Gasteiger partial charge in [-0.05, 0) is 70.0 Å². The average Bonchev–Trinajstić information content (AvgIpc) is 2.81. The van der Waals surface area contributed by atoms with Crippen LogP contribution in [0.5, 0.6) is 17.2 Å². The summed E-state index contributed by atoms with van der Waals surface area (Å²) in [4.78, 5) is 24.5. The molecular weight excluding hydrogens is 464 g/mol. The standard InChI is InChI=1S/C23H19BrN2O5/c1-29-18-10-8-16(9-11-18)22(27)26-25-14-15-12-19(24)21(20(13-15)30-2)31-23(28)17-6-4-3-5-7-17/h3-14H,1-2H3,(H,26,27)/b25-14-. The van der Waals surface area contributed by atoms with Gasteiger partial charge in [-0.3, -0.25) is 4.79 Å². The highest BCUT2D eigenvalue weighted by Gasteiger charge is 2.16. The van der Waals surface area contributed by atoms with Gasteiger partial charge in [0.05, 0.1) is 30.5 Å². The summed E-state index contributed by atoms with van der Waals surface area (Å²) < 4.78 is 16.4. The Bertz CT molecular complexity index is 1100. The summed E-state index contributed by atoms with van der Waals surface area (Å²) in [6, 6.07) is 18.6. The van der Waals surface area contributed by atoms with Crippen LogP contribution in [0, 0.1) is 0 Å². The van der Waals surface area contributed by atoms with Gasteiger partial charge in [-0.1, -0.05) is 18.2 Å². The van der Waals surface area contributed by atoms with Crippen molar-refractivity contribution in [3.63, 3.8) is 0 Å². The lowest BCUT2D eigenvalue weighted by Crippen LogP contribution is -2.17. The first-order valence-electron chi connectivity index (χ1n) is 9.14. The maximum atomic E-state index is 12.4. The van der Waals surface area contributed by atoms with Crippen LogP contribution in [0.3, 0.4) is 0 Å². The maximum absolute atomic E-state index is 12.4. The number of benzene rings is 3. The highest BCUT2D eigenvalue weighted by molar-refractivity contribution is 9.10. The molecule has 3 aromatic carbocycles. The van der Waals surface area contributed by atoms with Crippen molar-refractivity contribution in [1.82, 2.24) is 5.43 Å². The normalized spacial score (nSPS) is 10.5. The van der Waals surface area contributed by atoms with E-state index in [1.807, 2.05) is 6.07 Å². The van der Waals surface area contributed by atoms with Crippen molar-refractivity contribution in [2.24, 2.45) is 5.10 Å². The zero-order chi connectivity index (χ0) is 22.2. The van der Waals surface area contributed by atoms with Crippen molar-refractivity contribution in [1.29, 1.82) is 0 Å². The molecule has 0 atom stereocenters. The summed E-state index contributed by atoms with van der Waals surface area (Å²) in [6.07, 6.45) is 1.46. The van der Waals surface area contributed by atoms with E-state index in [9.17, 15) is 9.59 Å². The molecule has 0 unspecified atom stereocenters. The molecule has 0 aliphatic carbocycles. The number of nitrogens with one attached hydrogen (secondary N) is 1. The Labute approximate surface area is 187 Å². The number of esters is 1. The smallest absolute Gasteiger partial charge is 0.343 e. The number of hydrazone groups is 1. The van der Waals surface area contributed by atoms with Gasteiger partial charge in [0, 0.05) is 5.56 Å². The monoisotopic (exact) mass is 482 g/mol. The van der Waals surface area contributed by atoms with E-state index >= 15 is 0 Å². The van der Waals surface area contributed by atoms with Crippen LogP contribution < -0.4 is 19.6 Å². The molecule has 0 spiro atoms. The fourth-order valence-electron chi connectivity index (χ4n) is 2.61. The van der Waals surface area contributed by atoms with Gasteiger partial charge >= 0.3 is 5.97 Å². The van der Waals surface area contributed by atoms with Gasteiger partial charge in [0.25, 0.3) is 5.91 Å². The molecule has 3 aromatic rings. The molecule has 0 aliphatic heterocycles. The van der Waals surface area contributed by atoms with Crippen LogP contribution in [0.2, 0.25) is 0 Å². The molecule has 8 heteroatoms. The lowest BCUT2D eigenvalue weighted by atomic mass is 10.2. The molecule has 1 N–H and O–H groups in total. The van der Waals surface area contributed by atoms with E-state index in [2.05, 4.69) is 26.5 Å². The molecule has 0 saturated heterocycles. The van der Waals surface area contributed by atoms with Crippen LogP contribution in [0.25, 0.3) is 0 Å². The van der Waals surface area contributed by atoms with Gasteiger partial charge < -0.3 is 14.2 Å². The maximum Gasteiger partial charge on any atom is 0.343 e. The topological polar surface area (TPSA) is 86.2 Å². The van der Waals surface area contributed by atoms with E-state index in [1.54, 1.807) is 67.8 Å². The lowest BCUT2D eigenvalue weighted by molar-refractivity contribution is 0.0728. The number of hydrogen-bond donors (Lipinski definition) is 1. The van der Waals surface area contributed by atoms with Gasteiger partial charge in [0.2, 0.25) is 0 Å². The fraction of sp³-hybridized carbons (Fsp3) is 0.0870. The van der Waals surface area contributed by atoms with Crippen molar-refractivity contribution in [2.45, 2.75) is 0 Å². The molecule has 0 aliphatic rings. The number of hydrogen-bond acceptors (Lipinski definition) is 6. The number of methoxy groups -OCH3 is 2. The minimum absolute atomic E-state index is 0.246. The SMILES string of the molecule is COc1ccc(C(=O)N/N=C\c2cc(Br)c(OC(=O)c3ccccc3)c(OC)c2)cc1. The Hall–Kier alpha value is -3.65. The first-order chi connectivity index (χ1) is 15.0. The molecule has 0 fully saturated rings. The molecule has 31 heavy (non-hydrogen) atoms. The molecule has 0 saturated carbocycles. The average molecular weight is 483 g/mol. The minimum atomic E-state index is -0.507. The molecule has 0 radical (unpaired) electrons. The lowest BCUT2D eigenvalue weighted by Gasteiger charge is -2.12. The number of nitrogens with zero attached hydrogens (tertiary/aromatic N) is 1. The van der Waals surface area contributed by atoms with E-state index in [1.165, 1.54) is 13.3 Å². The van der Waals surface area contributed by atoms with E-state index in [0.717, 1.165) is 0 Å². The third-order valence-corrected chi connectivity index (χ3v) is 4.78. The van der Waals surface area contributed by atoms with Crippen LogP contribution in [0.4, 0.5) is 0 Å². The van der Waals surface area contributed by atoms with Crippen LogP contribution in [0.15, 0.2) is 76.3 Å². The number of halogens is 1. The van der Waals surface area contributed by atoms with E-state index < -0.39 is 5.97 Å². The predicted molar refractivity (Wildman–Crippen MR) is 120 cm³/mol. The third kappa shape index (κ3) is 5.70. The molecule has 0 bridgehead atoms. The summed E-state index contributed by atoms with van der Waals surface area (Å²) in [5.41, 5.74) is 3.95. The molecule has 158 valence electrons. The minimum Gasteiger partial charge on any atom is -0.497 e. The summed E-state index contributed by atoms with van der Waals surface area (Å²) in [5, 5.41) is 3.98. The van der Waals surface area contributed by atoms with Gasteiger partial charge in [-0.2, -0.15) is 5.10 Å². The van der Waals surface area contributed by atoms with Gasteiger partial charge in [0.15, 0.2) is 11.5 Å². The van der Waals surface area contributed by atoms with Crippen molar-refractivity contribution in [3.05, 3.63) is 87.9 Å². The Balaban J connectivity index is 1.71. The molecule has 0 heterocycles. The predicted octanol–water partition coefficient (Wildman–Crippen LogP) is 4.45. The zero-order valence-electron chi connectivity index (χ0n) is 16.8. The second-order valence-electron chi connectivity index (χ2n) is 6.22. The quantitative estimate of drug-likeness (QED) is 0.232. The van der Waals surface area contributed by atoms with E-state index in [4.69, 9.17) is 14.2 Å². The Morgan fingerprint density at radius 3 is 2.29 bits per heavy atom. The zero-order valence-corrected chi connectivity index (χ0v) is 18.4. The highest BCUT2D eigenvalue weighted by atomic mass is 79.9. The molecule has 1 amide bonds. The Morgan fingerprint density at radius 1 is 0.935 bits per heavy atom. The molecular formula is C23H19BrN2O5. The number of carbonyl (C=O) groups excluding carboxylic acids is 2. The molecule has 7 nitrogen and oxygen atoms in total. The van der Waals surface area contributed by atoms with E-state index in [-0.39, 0.29) is 11.7 Å². The summed E-state index contributed by atoms with van der Waals surface area (Å²) in [5.74, 6) is 0.369. The summed E-state index contributed by atoms with van der Waals surface area (Å²) >= 11 is 3.39. The fourth-order valence-corrected chi connectivity index (χ4v) is 3.15. The first kappa shape index (κ1) is 22.0. The van der Waals surface area contributed by atoms with Crippen molar-refractivity contribution < 1.29 is 23.8 Å². The van der Waals surface area contributed by atoms with Gasteiger partial charge in [-0.25, -0.2) is 10.2 Å². The number of rotatable bonds is 7. The van der Waals surface area contributed by atoms with Crippen molar-refractivity contribution in [2.75, 3.05) is 14.2 Å².